The summed E-state index contributed by atoms with van der Waals surface area (Å²) in [5.41, 5.74) is 1.84. The highest BCUT2D eigenvalue weighted by Gasteiger charge is 2.20. The number of aryl methyl sites for hydroxylation is 2. The summed E-state index contributed by atoms with van der Waals surface area (Å²) in [6.07, 6.45) is 1.44. The number of rotatable bonds is 5. The van der Waals surface area contributed by atoms with E-state index in [9.17, 15) is 8.42 Å². The Hall–Kier alpha value is -1.93. The van der Waals surface area contributed by atoms with E-state index in [4.69, 9.17) is 4.52 Å². The van der Waals surface area contributed by atoms with E-state index < -0.39 is 10.0 Å². The average molecular weight is 296 g/mol. The van der Waals surface area contributed by atoms with Crippen LogP contribution in [0.5, 0.6) is 0 Å². The monoisotopic (exact) mass is 296 g/mol. The third-order valence-electron chi connectivity index (χ3n) is 2.92. The van der Waals surface area contributed by atoms with Crippen molar-refractivity contribution in [3.8, 4) is 0 Å². The van der Waals surface area contributed by atoms with Crippen molar-refractivity contribution in [2.24, 2.45) is 0 Å². The molecule has 20 heavy (non-hydrogen) atoms. The van der Waals surface area contributed by atoms with Crippen molar-refractivity contribution in [1.29, 1.82) is 0 Å². The molecule has 0 atom stereocenters. The molecule has 7 nitrogen and oxygen atoms in total. The number of sulfonamides is 1. The number of hydrogen-bond donors (Lipinski definition) is 2. The van der Waals surface area contributed by atoms with E-state index in [1.807, 2.05) is 0 Å². The van der Waals surface area contributed by atoms with Crippen molar-refractivity contribution in [2.75, 3.05) is 12.4 Å². The Bertz CT molecular complexity index is 690. The Kier molecular flexibility index (Phi) is 4.05. The molecule has 0 amide bonds. The Morgan fingerprint density at radius 3 is 2.70 bits per heavy atom. The molecule has 108 valence electrons. The molecule has 8 heteroatoms. The highest BCUT2D eigenvalue weighted by molar-refractivity contribution is 7.89. The van der Waals surface area contributed by atoms with Crippen LogP contribution in [-0.2, 0) is 16.6 Å². The molecule has 0 aliphatic carbocycles. The van der Waals surface area contributed by atoms with E-state index in [0.29, 0.717) is 17.1 Å². The summed E-state index contributed by atoms with van der Waals surface area (Å²) in [6.45, 7) is 3.62. The van der Waals surface area contributed by atoms with Gasteiger partial charge >= 0.3 is 0 Å². The lowest BCUT2D eigenvalue weighted by molar-refractivity contribution is 0.392. The van der Waals surface area contributed by atoms with Crippen LogP contribution in [0.3, 0.4) is 0 Å². The smallest absolute Gasteiger partial charge is 0.260 e. The molecule has 2 rings (SSSR count). The van der Waals surface area contributed by atoms with Crippen molar-refractivity contribution in [3.63, 3.8) is 0 Å². The van der Waals surface area contributed by atoms with Crippen LogP contribution < -0.4 is 10.0 Å². The third-order valence-corrected chi connectivity index (χ3v) is 4.27. The largest absolute Gasteiger partial charge is 0.386 e. The first-order chi connectivity index (χ1) is 9.45. The molecule has 0 aromatic carbocycles. The fourth-order valence-corrected chi connectivity index (χ4v) is 2.92. The minimum atomic E-state index is -3.71. The lowest BCUT2D eigenvalue weighted by Crippen LogP contribution is -2.25. The lowest BCUT2D eigenvalue weighted by Gasteiger charge is -2.09. The molecule has 0 fully saturated rings. The zero-order valence-electron chi connectivity index (χ0n) is 11.5. The van der Waals surface area contributed by atoms with Gasteiger partial charge in [0.25, 0.3) is 10.0 Å². The van der Waals surface area contributed by atoms with Gasteiger partial charge in [0, 0.05) is 25.4 Å². The number of pyridine rings is 1. The summed E-state index contributed by atoms with van der Waals surface area (Å²) in [6, 6.07) is 3.32. The van der Waals surface area contributed by atoms with E-state index >= 15 is 0 Å². The van der Waals surface area contributed by atoms with Gasteiger partial charge < -0.3 is 9.84 Å². The summed E-state index contributed by atoms with van der Waals surface area (Å²) < 4.78 is 32.0. The minimum Gasteiger partial charge on any atom is -0.386 e. The summed E-state index contributed by atoms with van der Waals surface area (Å²) in [5.74, 6) is 0.597. The van der Waals surface area contributed by atoms with Crippen LogP contribution in [0.15, 0.2) is 27.9 Å². The molecular weight excluding hydrogens is 280 g/mol. The Labute approximate surface area is 117 Å². The highest BCUT2D eigenvalue weighted by Crippen LogP contribution is 2.18. The van der Waals surface area contributed by atoms with Gasteiger partial charge in [-0.15, -0.1) is 0 Å². The fourth-order valence-electron chi connectivity index (χ4n) is 1.79. The van der Waals surface area contributed by atoms with Gasteiger partial charge in [-0.2, -0.15) is 0 Å². The van der Waals surface area contributed by atoms with Crippen LogP contribution >= 0.6 is 0 Å². The summed E-state index contributed by atoms with van der Waals surface area (Å²) in [4.78, 5) is 3.91. The maximum absolute atomic E-state index is 12.3. The van der Waals surface area contributed by atoms with Gasteiger partial charge in [-0.05, 0) is 26.0 Å². The average Bonchev–Trinajstić information content (AvgIpc) is 2.76. The second-order valence-electron chi connectivity index (χ2n) is 4.23. The molecule has 2 N–H and O–H groups in total. The van der Waals surface area contributed by atoms with Gasteiger partial charge in [0.2, 0.25) is 0 Å². The Balaban J connectivity index is 2.24. The van der Waals surface area contributed by atoms with Gasteiger partial charge in [0.05, 0.1) is 11.4 Å². The zero-order chi connectivity index (χ0) is 14.8. The first kappa shape index (κ1) is 14.5. The van der Waals surface area contributed by atoms with E-state index in [1.54, 1.807) is 33.0 Å². The maximum atomic E-state index is 12.3. The molecule has 0 saturated carbocycles. The molecule has 0 unspecified atom stereocenters. The highest BCUT2D eigenvalue weighted by atomic mass is 32.2. The maximum Gasteiger partial charge on any atom is 0.260 e. The van der Waals surface area contributed by atoms with E-state index in [0.717, 1.165) is 5.56 Å². The molecule has 0 bridgehead atoms. The summed E-state index contributed by atoms with van der Waals surface area (Å²) >= 11 is 0. The van der Waals surface area contributed by atoms with Gasteiger partial charge in [-0.1, -0.05) is 5.16 Å². The topological polar surface area (TPSA) is 97.1 Å². The van der Waals surface area contributed by atoms with Crippen LogP contribution in [0.25, 0.3) is 0 Å². The standard InChI is InChI=1S/C12H16N4O3S/c1-8-10(9(2)19-16-8)7-15-20(17,18)12-11(13-3)5-4-6-14-12/h4-6,13,15H,7H2,1-3H3. The SMILES string of the molecule is CNc1cccnc1S(=O)(=O)NCc1c(C)noc1C. The van der Waals surface area contributed by atoms with Crippen molar-refractivity contribution in [1.82, 2.24) is 14.9 Å². The van der Waals surface area contributed by atoms with Crippen molar-refractivity contribution in [3.05, 3.63) is 35.3 Å². The summed E-state index contributed by atoms with van der Waals surface area (Å²) in [5, 5.41) is 6.56. The first-order valence-corrected chi connectivity index (χ1v) is 7.48. The normalized spacial score (nSPS) is 11.6. The van der Waals surface area contributed by atoms with E-state index in [1.165, 1.54) is 6.20 Å². The number of hydrogen-bond acceptors (Lipinski definition) is 6. The molecule has 2 aromatic rings. The molecule has 0 radical (unpaired) electrons. The van der Waals surface area contributed by atoms with Crippen molar-refractivity contribution in [2.45, 2.75) is 25.4 Å². The zero-order valence-corrected chi connectivity index (χ0v) is 12.3. The van der Waals surface area contributed by atoms with Gasteiger partial charge in [0.15, 0.2) is 5.03 Å². The molecular formula is C12H16N4O3S. The second-order valence-corrected chi connectivity index (χ2v) is 5.92. The lowest BCUT2D eigenvalue weighted by atomic mass is 10.2. The number of nitrogens with one attached hydrogen (secondary N) is 2. The van der Waals surface area contributed by atoms with Gasteiger partial charge in [-0.25, -0.2) is 18.1 Å². The Morgan fingerprint density at radius 2 is 2.10 bits per heavy atom. The van der Waals surface area contributed by atoms with Crippen molar-refractivity contribution < 1.29 is 12.9 Å². The molecule has 2 aromatic heterocycles. The van der Waals surface area contributed by atoms with Crippen LogP contribution in [0.2, 0.25) is 0 Å². The number of anilines is 1. The van der Waals surface area contributed by atoms with Gasteiger partial charge in [-0.3, -0.25) is 0 Å². The molecule has 0 aliphatic heterocycles. The molecule has 0 spiro atoms. The summed E-state index contributed by atoms with van der Waals surface area (Å²) in [7, 11) is -2.06. The van der Waals surface area contributed by atoms with Crippen LogP contribution in [0.1, 0.15) is 17.0 Å². The number of aromatic nitrogens is 2. The minimum absolute atomic E-state index is 0.0331. The fraction of sp³-hybridized carbons (Fsp3) is 0.333. The van der Waals surface area contributed by atoms with Crippen LogP contribution in [0, 0.1) is 13.8 Å². The van der Waals surface area contributed by atoms with Crippen LogP contribution in [-0.4, -0.2) is 25.6 Å². The van der Waals surface area contributed by atoms with Crippen molar-refractivity contribution >= 4 is 15.7 Å². The third kappa shape index (κ3) is 2.81. The molecule has 0 aliphatic rings. The van der Waals surface area contributed by atoms with E-state index in [2.05, 4.69) is 20.2 Å². The quantitative estimate of drug-likeness (QED) is 0.860. The number of nitrogens with zero attached hydrogens (tertiary/aromatic N) is 2. The van der Waals surface area contributed by atoms with Crippen LogP contribution in [0.4, 0.5) is 5.69 Å². The van der Waals surface area contributed by atoms with Gasteiger partial charge in [0.1, 0.15) is 5.76 Å². The predicted octanol–water partition coefficient (Wildman–Crippen LogP) is 1.21. The predicted molar refractivity (Wildman–Crippen MR) is 73.8 cm³/mol. The second kappa shape index (κ2) is 5.59. The van der Waals surface area contributed by atoms with E-state index in [-0.39, 0.29) is 11.6 Å². The Morgan fingerprint density at radius 1 is 1.35 bits per heavy atom. The molecule has 0 saturated heterocycles. The first-order valence-electron chi connectivity index (χ1n) is 6.00. The molecule has 2 heterocycles.